The minimum atomic E-state index is -3.93. The first kappa shape index (κ1) is 27.4. The summed E-state index contributed by atoms with van der Waals surface area (Å²) in [4.78, 5) is 31.3. The highest BCUT2D eigenvalue weighted by Gasteiger charge is 2.38. The number of amides is 2. The Hall–Kier alpha value is -3.22. The molecule has 0 aliphatic carbocycles. The summed E-state index contributed by atoms with van der Waals surface area (Å²) in [5, 5.41) is 7.33. The second kappa shape index (κ2) is 9.02. The molecule has 1 aliphatic heterocycles. The van der Waals surface area contributed by atoms with E-state index in [1.54, 1.807) is 55.4 Å². The maximum Gasteiger partial charge on any atom is 0.424 e. The van der Waals surface area contributed by atoms with Gasteiger partial charge in [-0.25, -0.2) is 22.4 Å². The van der Waals surface area contributed by atoms with E-state index in [2.05, 4.69) is 10.3 Å². The van der Waals surface area contributed by atoms with Gasteiger partial charge in [-0.2, -0.15) is 4.90 Å². The van der Waals surface area contributed by atoms with Crippen LogP contribution in [0.5, 0.6) is 0 Å². The monoisotopic (exact) mass is 527 g/mol. The second-order valence-corrected chi connectivity index (χ2v) is 13.0. The fourth-order valence-corrected chi connectivity index (χ4v) is 4.65. The van der Waals surface area contributed by atoms with Crippen molar-refractivity contribution in [2.45, 2.75) is 84.4 Å². The lowest BCUT2D eigenvalue weighted by atomic mass is 10.1. The summed E-state index contributed by atoms with van der Waals surface area (Å²) in [5.74, 6) is -1.64. The molecule has 0 saturated heterocycles. The molecule has 0 spiro atoms. The molecular weight excluding hydrogens is 497 g/mol. The molecule has 0 N–H and O–H groups in total. The first-order valence-corrected chi connectivity index (χ1v) is 12.7. The van der Waals surface area contributed by atoms with E-state index in [1.807, 2.05) is 0 Å². The lowest BCUT2D eigenvalue weighted by molar-refractivity contribution is 0.0123. The number of fused-ring (bicyclic) bond motifs is 1. The van der Waals surface area contributed by atoms with E-state index in [0.29, 0.717) is 4.90 Å². The molecule has 0 unspecified atom stereocenters. The Kier molecular flexibility index (Phi) is 6.86. The van der Waals surface area contributed by atoms with Gasteiger partial charge in [0.15, 0.2) is 10.6 Å². The number of rotatable bonds is 3. The van der Waals surface area contributed by atoms with Crippen LogP contribution in [0, 0.1) is 5.82 Å². The smallest absolute Gasteiger partial charge is 0.424 e. The Morgan fingerprint density at radius 2 is 1.64 bits per heavy atom. The number of carbonyl (C=O) groups is 2. The van der Waals surface area contributed by atoms with Crippen LogP contribution in [0.3, 0.4) is 0 Å². The van der Waals surface area contributed by atoms with E-state index >= 15 is 4.39 Å². The van der Waals surface area contributed by atoms with Crippen molar-refractivity contribution in [3.63, 3.8) is 0 Å². The van der Waals surface area contributed by atoms with Gasteiger partial charge < -0.3 is 18.8 Å². The first-order valence-electron chi connectivity index (χ1n) is 11.1. The summed E-state index contributed by atoms with van der Waals surface area (Å²) < 4.78 is 56.7. The second-order valence-electron chi connectivity index (χ2n) is 11.0. The van der Waals surface area contributed by atoms with E-state index in [4.69, 9.17) is 18.8 Å². The van der Waals surface area contributed by atoms with E-state index in [-0.39, 0.29) is 28.1 Å². The topological polar surface area (TPSA) is 138 Å². The number of nitrogens with zero attached hydrogens (tertiary/aromatic N) is 3. The molecule has 0 atom stereocenters. The normalized spacial score (nSPS) is 15.9. The number of carbonyl (C=O) groups excluding carboxylic acids is 2. The third-order valence-electron chi connectivity index (χ3n) is 4.66. The van der Waals surface area contributed by atoms with Crippen molar-refractivity contribution in [3.8, 4) is 0 Å². The van der Waals surface area contributed by atoms with Crippen LogP contribution < -0.4 is 4.90 Å². The fraction of sp³-hybridized carbons (Fsp3) is 0.565. The van der Waals surface area contributed by atoms with Gasteiger partial charge in [-0.05, 0) is 61.5 Å². The van der Waals surface area contributed by atoms with Crippen molar-refractivity contribution < 1.29 is 41.2 Å². The number of imide groups is 1. The number of anilines is 1. The van der Waals surface area contributed by atoms with Crippen molar-refractivity contribution in [3.05, 3.63) is 23.6 Å². The summed E-state index contributed by atoms with van der Waals surface area (Å²) in [6.45, 7) is 12.9. The SMILES string of the molecule is CC(C)(C)OC(=O)N(C(=O)OC(C)(C)C)c1cc2onc(CS(=O)(=O)C3=NOC(C)(C)C3)c2cc1F. The molecule has 1 aromatic carbocycles. The summed E-state index contributed by atoms with van der Waals surface area (Å²) in [6, 6.07) is 1.99. The van der Waals surface area contributed by atoms with Gasteiger partial charge in [-0.3, -0.25) is 0 Å². The number of sulfone groups is 1. The van der Waals surface area contributed by atoms with Crippen LogP contribution in [0.15, 0.2) is 21.8 Å². The molecule has 0 fully saturated rings. The van der Waals surface area contributed by atoms with E-state index in [1.165, 1.54) is 0 Å². The van der Waals surface area contributed by atoms with Crippen LogP contribution in [0.2, 0.25) is 0 Å². The largest absolute Gasteiger partial charge is 0.443 e. The van der Waals surface area contributed by atoms with Gasteiger partial charge in [-0.15, -0.1) is 0 Å². The van der Waals surface area contributed by atoms with Gasteiger partial charge in [0.1, 0.15) is 34.1 Å². The van der Waals surface area contributed by atoms with E-state index in [9.17, 15) is 18.0 Å². The number of hydrogen-bond donors (Lipinski definition) is 0. The average molecular weight is 528 g/mol. The van der Waals surface area contributed by atoms with Crippen molar-refractivity contribution in [2.75, 3.05) is 4.90 Å². The Balaban J connectivity index is 2.00. The molecule has 0 bridgehead atoms. The maximum atomic E-state index is 15.3. The summed E-state index contributed by atoms with van der Waals surface area (Å²) in [5.41, 5.74) is -3.38. The lowest BCUT2D eigenvalue weighted by Crippen LogP contribution is -2.44. The van der Waals surface area contributed by atoms with Crippen LogP contribution in [-0.4, -0.2) is 47.6 Å². The summed E-state index contributed by atoms with van der Waals surface area (Å²) in [7, 11) is -3.93. The zero-order chi connectivity index (χ0) is 27.3. The van der Waals surface area contributed by atoms with Gasteiger partial charge in [-0.1, -0.05) is 10.3 Å². The van der Waals surface area contributed by atoms with Gasteiger partial charge in [0.25, 0.3) is 0 Å². The molecule has 2 aromatic rings. The van der Waals surface area contributed by atoms with Gasteiger partial charge >= 0.3 is 12.2 Å². The fourth-order valence-electron chi connectivity index (χ4n) is 3.19. The average Bonchev–Trinajstić information content (AvgIpc) is 3.22. The number of aromatic nitrogens is 1. The molecular formula is C23H30FN3O8S. The number of benzene rings is 1. The summed E-state index contributed by atoms with van der Waals surface area (Å²) >= 11 is 0. The number of halogens is 1. The third-order valence-corrected chi connectivity index (χ3v) is 6.25. The molecule has 0 saturated carbocycles. The van der Waals surface area contributed by atoms with Crippen LogP contribution in [0.25, 0.3) is 11.0 Å². The van der Waals surface area contributed by atoms with Crippen molar-refractivity contribution in [1.82, 2.24) is 5.16 Å². The van der Waals surface area contributed by atoms with E-state index in [0.717, 1.165) is 12.1 Å². The maximum absolute atomic E-state index is 15.3. The minimum Gasteiger partial charge on any atom is -0.443 e. The predicted octanol–water partition coefficient (Wildman–Crippen LogP) is 5.07. The van der Waals surface area contributed by atoms with Gasteiger partial charge in [0, 0.05) is 17.9 Å². The number of ether oxygens (including phenoxy) is 2. The highest BCUT2D eigenvalue weighted by Crippen LogP contribution is 2.32. The molecule has 2 heterocycles. The zero-order valence-electron chi connectivity index (χ0n) is 21.5. The third kappa shape index (κ3) is 6.31. The summed E-state index contributed by atoms with van der Waals surface area (Å²) in [6.07, 6.45) is -2.26. The zero-order valence-corrected chi connectivity index (χ0v) is 22.3. The number of hydrogen-bond acceptors (Lipinski definition) is 10. The Labute approximate surface area is 208 Å². The van der Waals surface area contributed by atoms with Crippen LogP contribution in [0.1, 0.15) is 67.5 Å². The quantitative estimate of drug-likeness (QED) is 0.535. The molecule has 1 aliphatic rings. The highest BCUT2D eigenvalue weighted by molar-refractivity contribution is 8.05. The first-order chi connectivity index (χ1) is 16.3. The standard InChI is InChI=1S/C23H30FN3O8S/c1-21(2,3)32-19(28)27(20(29)33-22(4,5)6)16-10-17-13(9-14(16)24)15(25-34-17)12-36(30,31)18-11-23(7,8)35-26-18/h9-10H,11-12H2,1-8H3. The van der Waals surface area contributed by atoms with Gasteiger partial charge in [0.05, 0.1) is 5.69 Å². The van der Waals surface area contributed by atoms with Crippen LogP contribution in [-0.2, 0) is 29.9 Å². The molecule has 2 amide bonds. The van der Waals surface area contributed by atoms with Gasteiger partial charge in [0.2, 0.25) is 9.84 Å². The molecule has 11 nitrogen and oxygen atoms in total. The van der Waals surface area contributed by atoms with Crippen LogP contribution in [0.4, 0.5) is 19.7 Å². The van der Waals surface area contributed by atoms with Crippen molar-refractivity contribution in [2.24, 2.45) is 5.16 Å². The Morgan fingerprint density at radius 3 is 2.11 bits per heavy atom. The Bertz CT molecular complexity index is 1310. The molecule has 36 heavy (non-hydrogen) atoms. The predicted molar refractivity (Wildman–Crippen MR) is 129 cm³/mol. The highest BCUT2D eigenvalue weighted by atomic mass is 32.2. The number of oxime groups is 1. The minimum absolute atomic E-state index is 0.0481. The lowest BCUT2D eigenvalue weighted by Gasteiger charge is -2.28. The molecule has 3 rings (SSSR count). The molecule has 0 radical (unpaired) electrons. The van der Waals surface area contributed by atoms with E-state index < -0.39 is 56.1 Å². The van der Waals surface area contributed by atoms with Crippen molar-refractivity contribution >= 4 is 43.7 Å². The van der Waals surface area contributed by atoms with Crippen molar-refractivity contribution in [1.29, 1.82) is 0 Å². The molecule has 13 heteroatoms. The van der Waals surface area contributed by atoms with Crippen LogP contribution >= 0.6 is 0 Å². The Morgan fingerprint density at radius 1 is 1.08 bits per heavy atom. The molecule has 198 valence electrons. The molecule has 1 aromatic heterocycles.